The Bertz CT molecular complexity index is 203. The number of allylic oxidation sites excluding steroid dienone is 1. The highest BCUT2D eigenvalue weighted by atomic mass is 15.2. The molecule has 0 amide bonds. The largest absolute Gasteiger partial charge is 0.311 e. The minimum atomic E-state index is 0.628. The van der Waals surface area contributed by atoms with Gasteiger partial charge in [-0.05, 0) is 52.6 Å². The second-order valence-corrected chi connectivity index (χ2v) is 5.13. The number of rotatable bonds is 6. The molecule has 0 saturated carbocycles. The van der Waals surface area contributed by atoms with Crippen LogP contribution in [0.3, 0.4) is 0 Å². The van der Waals surface area contributed by atoms with E-state index in [0.717, 1.165) is 18.5 Å². The van der Waals surface area contributed by atoms with Crippen LogP contribution in [0.1, 0.15) is 46.5 Å². The van der Waals surface area contributed by atoms with E-state index in [9.17, 15) is 0 Å². The quantitative estimate of drug-likeness (QED) is 0.698. The van der Waals surface area contributed by atoms with Gasteiger partial charge in [0.05, 0.1) is 0 Å². The van der Waals surface area contributed by atoms with Gasteiger partial charge in [0.1, 0.15) is 0 Å². The summed E-state index contributed by atoms with van der Waals surface area (Å²) in [7, 11) is 0. The highest BCUT2D eigenvalue weighted by Gasteiger charge is 2.24. The van der Waals surface area contributed by atoms with Gasteiger partial charge in [0.15, 0.2) is 0 Å². The van der Waals surface area contributed by atoms with Crippen molar-refractivity contribution < 1.29 is 0 Å². The van der Waals surface area contributed by atoms with Crippen LogP contribution in [-0.2, 0) is 0 Å². The Balaban J connectivity index is 2.26. The van der Waals surface area contributed by atoms with Gasteiger partial charge in [-0.15, -0.1) is 6.58 Å². The molecule has 0 bridgehead atoms. The van der Waals surface area contributed by atoms with E-state index in [0.29, 0.717) is 6.04 Å². The van der Waals surface area contributed by atoms with E-state index < -0.39 is 0 Å². The van der Waals surface area contributed by atoms with Gasteiger partial charge in [0.2, 0.25) is 0 Å². The number of hydrogen-bond acceptors (Lipinski definition) is 2. The monoisotopic (exact) mass is 224 g/mol. The molecule has 94 valence electrons. The van der Waals surface area contributed by atoms with Crippen LogP contribution in [0.2, 0.25) is 0 Å². The summed E-state index contributed by atoms with van der Waals surface area (Å²) < 4.78 is 0. The SMILES string of the molecule is C=CCCC(C)NC1CCN(CC)C(C)C1. The van der Waals surface area contributed by atoms with E-state index in [4.69, 9.17) is 0 Å². The Kier molecular flexibility index (Phi) is 6.07. The number of piperidine rings is 1. The standard InChI is InChI=1S/C14H28N2/c1-5-7-8-12(3)15-14-9-10-16(6-2)13(4)11-14/h5,12-15H,1,6-11H2,2-4H3. The fraction of sp³-hybridized carbons (Fsp3) is 0.857. The fourth-order valence-corrected chi connectivity index (χ4v) is 2.70. The third-order valence-corrected chi connectivity index (χ3v) is 3.74. The van der Waals surface area contributed by atoms with Crippen LogP contribution >= 0.6 is 0 Å². The molecular formula is C14H28N2. The van der Waals surface area contributed by atoms with Crippen molar-refractivity contribution in [3.05, 3.63) is 12.7 Å². The van der Waals surface area contributed by atoms with Crippen LogP contribution in [0, 0.1) is 0 Å². The molecule has 1 saturated heterocycles. The average molecular weight is 224 g/mol. The van der Waals surface area contributed by atoms with Crippen LogP contribution < -0.4 is 5.32 Å². The third kappa shape index (κ3) is 4.26. The molecule has 3 unspecified atom stereocenters. The van der Waals surface area contributed by atoms with Crippen molar-refractivity contribution in [1.82, 2.24) is 10.2 Å². The van der Waals surface area contributed by atoms with E-state index in [1.165, 1.54) is 32.4 Å². The summed E-state index contributed by atoms with van der Waals surface area (Å²) >= 11 is 0. The molecule has 0 radical (unpaired) electrons. The molecule has 1 rings (SSSR count). The predicted octanol–water partition coefficient (Wildman–Crippen LogP) is 2.80. The summed E-state index contributed by atoms with van der Waals surface area (Å²) in [5.74, 6) is 0. The molecular weight excluding hydrogens is 196 g/mol. The third-order valence-electron chi connectivity index (χ3n) is 3.74. The van der Waals surface area contributed by atoms with Gasteiger partial charge in [0.25, 0.3) is 0 Å². The van der Waals surface area contributed by atoms with Crippen molar-refractivity contribution in [2.24, 2.45) is 0 Å². The zero-order valence-corrected chi connectivity index (χ0v) is 11.2. The van der Waals surface area contributed by atoms with Crippen LogP contribution in [0.25, 0.3) is 0 Å². The number of hydrogen-bond donors (Lipinski definition) is 1. The van der Waals surface area contributed by atoms with Crippen molar-refractivity contribution >= 4 is 0 Å². The van der Waals surface area contributed by atoms with Crippen LogP contribution in [0.5, 0.6) is 0 Å². The number of likely N-dealkylation sites (tertiary alicyclic amines) is 1. The molecule has 1 N–H and O–H groups in total. The summed E-state index contributed by atoms with van der Waals surface area (Å²) in [5, 5.41) is 3.75. The molecule has 1 fully saturated rings. The van der Waals surface area contributed by atoms with Crippen LogP contribution in [0.15, 0.2) is 12.7 Å². The van der Waals surface area contributed by atoms with Gasteiger partial charge < -0.3 is 10.2 Å². The molecule has 2 heteroatoms. The summed E-state index contributed by atoms with van der Waals surface area (Å²) in [5.41, 5.74) is 0. The maximum absolute atomic E-state index is 3.78. The summed E-state index contributed by atoms with van der Waals surface area (Å²) in [4.78, 5) is 2.58. The first-order valence-electron chi connectivity index (χ1n) is 6.78. The molecule has 0 aromatic carbocycles. The second kappa shape index (κ2) is 7.08. The van der Waals surface area contributed by atoms with Gasteiger partial charge in [0, 0.05) is 18.1 Å². The van der Waals surface area contributed by atoms with Gasteiger partial charge in [-0.25, -0.2) is 0 Å². The second-order valence-electron chi connectivity index (χ2n) is 5.13. The molecule has 3 atom stereocenters. The molecule has 1 aliphatic rings. The Morgan fingerprint density at radius 3 is 2.88 bits per heavy atom. The van der Waals surface area contributed by atoms with Crippen molar-refractivity contribution in [2.75, 3.05) is 13.1 Å². The van der Waals surface area contributed by atoms with Crippen LogP contribution in [-0.4, -0.2) is 36.1 Å². The number of nitrogens with zero attached hydrogens (tertiary/aromatic N) is 1. The molecule has 1 heterocycles. The smallest absolute Gasteiger partial charge is 0.00964 e. The van der Waals surface area contributed by atoms with E-state index in [-0.39, 0.29) is 0 Å². The predicted molar refractivity (Wildman–Crippen MR) is 71.8 cm³/mol. The van der Waals surface area contributed by atoms with E-state index >= 15 is 0 Å². The first-order chi connectivity index (χ1) is 7.67. The maximum Gasteiger partial charge on any atom is 0.00964 e. The summed E-state index contributed by atoms with van der Waals surface area (Å²) in [6.45, 7) is 13.1. The summed E-state index contributed by atoms with van der Waals surface area (Å²) in [6.07, 6.45) is 6.95. The van der Waals surface area contributed by atoms with E-state index in [1.54, 1.807) is 0 Å². The molecule has 2 nitrogen and oxygen atoms in total. The van der Waals surface area contributed by atoms with Crippen LogP contribution in [0.4, 0.5) is 0 Å². The van der Waals surface area contributed by atoms with Gasteiger partial charge in [-0.1, -0.05) is 13.0 Å². The van der Waals surface area contributed by atoms with Gasteiger partial charge in [-0.3, -0.25) is 0 Å². The Hall–Kier alpha value is -0.340. The highest BCUT2D eigenvalue weighted by Crippen LogP contribution is 2.17. The lowest BCUT2D eigenvalue weighted by Gasteiger charge is -2.38. The first-order valence-corrected chi connectivity index (χ1v) is 6.78. The highest BCUT2D eigenvalue weighted by molar-refractivity contribution is 4.84. The zero-order chi connectivity index (χ0) is 12.0. The molecule has 0 aliphatic carbocycles. The lowest BCUT2D eigenvalue weighted by molar-refractivity contribution is 0.138. The van der Waals surface area contributed by atoms with Crippen molar-refractivity contribution in [3.63, 3.8) is 0 Å². The molecule has 0 spiro atoms. The van der Waals surface area contributed by atoms with Crippen molar-refractivity contribution in [3.8, 4) is 0 Å². The van der Waals surface area contributed by atoms with Gasteiger partial charge >= 0.3 is 0 Å². The Labute approximate surface area is 101 Å². The zero-order valence-electron chi connectivity index (χ0n) is 11.2. The Morgan fingerprint density at radius 1 is 1.56 bits per heavy atom. The summed E-state index contributed by atoms with van der Waals surface area (Å²) in [6, 6.07) is 2.09. The fourth-order valence-electron chi connectivity index (χ4n) is 2.70. The minimum absolute atomic E-state index is 0.628. The average Bonchev–Trinajstić information content (AvgIpc) is 2.26. The van der Waals surface area contributed by atoms with Gasteiger partial charge in [-0.2, -0.15) is 0 Å². The van der Waals surface area contributed by atoms with Crippen molar-refractivity contribution in [2.45, 2.75) is 64.6 Å². The lowest BCUT2D eigenvalue weighted by atomic mass is 9.97. The van der Waals surface area contributed by atoms with E-state index in [2.05, 4.69) is 37.6 Å². The molecule has 0 aromatic rings. The first kappa shape index (κ1) is 13.7. The number of nitrogens with one attached hydrogen (secondary N) is 1. The Morgan fingerprint density at radius 2 is 2.31 bits per heavy atom. The maximum atomic E-state index is 3.78. The molecule has 1 aliphatic heterocycles. The molecule has 16 heavy (non-hydrogen) atoms. The molecule has 0 aromatic heterocycles. The normalized spacial score (nSPS) is 28.9. The van der Waals surface area contributed by atoms with E-state index in [1.807, 2.05) is 6.08 Å². The van der Waals surface area contributed by atoms with Crippen molar-refractivity contribution in [1.29, 1.82) is 0 Å². The lowest BCUT2D eigenvalue weighted by Crippen LogP contribution is -2.49. The topological polar surface area (TPSA) is 15.3 Å². The minimum Gasteiger partial charge on any atom is -0.311 e.